The molecule has 1 aromatic carbocycles. The largest absolute Gasteiger partial charge is 0.464 e. The van der Waals surface area contributed by atoms with Gasteiger partial charge < -0.3 is 4.74 Å². The number of hydrogen-bond acceptors (Lipinski definition) is 6. The number of esters is 1. The summed E-state index contributed by atoms with van der Waals surface area (Å²) in [6.07, 6.45) is 1.20. The van der Waals surface area contributed by atoms with E-state index in [0.29, 0.717) is 0 Å². The zero-order chi connectivity index (χ0) is 15.6. The van der Waals surface area contributed by atoms with Gasteiger partial charge >= 0.3 is 11.7 Å². The fourth-order valence-corrected chi connectivity index (χ4v) is 1.57. The Labute approximate surface area is 116 Å². The fraction of sp³-hybridized carbons (Fsp3) is 0.0833. The lowest BCUT2D eigenvalue weighted by atomic mass is 10.2. The average Bonchev–Trinajstić information content (AvgIpc) is 2.47. The summed E-state index contributed by atoms with van der Waals surface area (Å²) in [5, 5.41) is 14.4. The number of halogens is 1. The lowest BCUT2D eigenvalue weighted by Crippen LogP contribution is -2.21. The minimum Gasteiger partial charge on any atom is -0.464 e. The molecule has 0 fully saturated rings. The van der Waals surface area contributed by atoms with Crippen LogP contribution in [0.15, 0.2) is 35.3 Å². The van der Waals surface area contributed by atoms with E-state index in [2.05, 4.69) is 9.84 Å². The second kappa shape index (κ2) is 5.49. The Morgan fingerprint density at radius 2 is 2.14 bits per heavy atom. The van der Waals surface area contributed by atoms with Crippen LogP contribution in [0.3, 0.4) is 0 Å². The number of hydrogen-bond donors (Lipinski definition) is 0. The molecular formula is C12H8FN3O5. The van der Waals surface area contributed by atoms with E-state index in [9.17, 15) is 24.1 Å². The van der Waals surface area contributed by atoms with E-state index in [1.54, 1.807) is 0 Å². The van der Waals surface area contributed by atoms with Gasteiger partial charge in [0.05, 0.1) is 17.7 Å². The molecule has 0 spiro atoms. The SMILES string of the molecule is COC(=O)c1nn(-c2ccc(F)c([N+](=O)[O-])c2)ccc1=O. The van der Waals surface area contributed by atoms with Crippen LogP contribution in [-0.2, 0) is 4.74 Å². The number of nitro benzene ring substituents is 1. The Kier molecular flexibility index (Phi) is 3.74. The van der Waals surface area contributed by atoms with Gasteiger partial charge in [0.25, 0.3) is 0 Å². The normalized spacial score (nSPS) is 10.2. The van der Waals surface area contributed by atoms with Crippen LogP contribution in [0.1, 0.15) is 10.5 Å². The quantitative estimate of drug-likeness (QED) is 0.476. The van der Waals surface area contributed by atoms with Crippen molar-refractivity contribution in [3.63, 3.8) is 0 Å². The van der Waals surface area contributed by atoms with Crippen molar-refractivity contribution in [1.29, 1.82) is 0 Å². The molecule has 0 aliphatic rings. The number of aromatic nitrogens is 2. The number of ether oxygens (including phenoxy) is 1. The number of rotatable bonds is 3. The maximum Gasteiger partial charge on any atom is 0.362 e. The minimum absolute atomic E-state index is 0.119. The first-order chi connectivity index (χ1) is 9.93. The topological polar surface area (TPSA) is 104 Å². The van der Waals surface area contributed by atoms with Gasteiger partial charge in [-0.05, 0) is 12.1 Å². The van der Waals surface area contributed by atoms with Crippen LogP contribution >= 0.6 is 0 Å². The van der Waals surface area contributed by atoms with Crippen molar-refractivity contribution in [3.8, 4) is 5.69 Å². The number of nitro groups is 1. The first kappa shape index (κ1) is 14.3. The predicted molar refractivity (Wildman–Crippen MR) is 67.8 cm³/mol. The maximum atomic E-state index is 13.3. The van der Waals surface area contributed by atoms with Gasteiger partial charge in [0.15, 0.2) is 0 Å². The molecule has 0 bridgehead atoms. The Hall–Kier alpha value is -3.10. The monoisotopic (exact) mass is 293 g/mol. The molecule has 0 radical (unpaired) electrons. The third kappa shape index (κ3) is 2.76. The summed E-state index contributed by atoms with van der Waals surface area (Å²) < 4.78 is 18.7. The van der Waals surface area contributed by atoms with Gasteiger partial charge in [0.1, 0.15) is 0 Å². The third-order valence-electron chi connectivity index (χ3n) is 2.58. The molecule has 9 heteroatoms. The van der Waals surface area contributed by atoms with Crippen LogP contribution in [0.2, 0.25) is 0 Å². The molecular weight excluding hydrogens is 285 g/mol. The van der Waals surface area contributed by atoms with Gasteiger partial charge in [-0.3, -0.25) is 14.9 Å². The smallest absolute Gasteiger partial charge is 0.362 e. The molecule has 2 rings (SSSR count). The van der Waals surface area contributed by atoms with Gasteiger partial charge in [-0.1, -0.05) is 0 Å². The maximum absolute atomic E-state index is 13.3. The van der Waals surface area contributed by atoms with E-state index in [1.165, 1.54) is 12.3 Å². The van der Waals surface area contributed by atoms with Crippen molar-refractivity contribution in [1.82, 2.24) is 9.78 Å². The number of carbonyl (C=O) groups excluding carboxylic acids is 1. The number of methoxy groups -OCH3 is 1. The minimum atomic E-state index is -1.00. The second-order valence-corrected chi connectivity index (χ2v) is 3.86. The van der Waals surface area contributed by atoms with E-state index in [1.807, 2.05) is 0 Å². The molecule has 0 amide bonds. The number of carbonyl (C=O) groups is 1. The summed E-state index contributed by atoms with van der Waals surface area (Å²) in [4.78, 5) is 32.7. The van der Waals surface area contributed by atoms with Gasteiger partial charge in [0, 0.05) is 18.3 Å². The van der Waals surface area contributed by atoms with E-state index < -0.39 is 33.5 Å². The number of benzene rings is 1. The van der Waals surface area contributed by atoms with Crippen molar-refractivity contribution in [2.24, 2.45) is 0 Å². The molecule has 1 aromatic heterocycles. The average molecular weight is 293 g/mol. The third-order valence-corrected chi connectivity index (χ3v) is 2.58. The summed E-state index contributed by atoms with van der Waals surface area (Å²) in [6.45, 7) is 0. The highest BCUT2D eigenvalue weighted by atomic mass is 19.1. The van der Waals surface area contributed by atoms with Crippen LogP contribution in [0.4, 0.5) is 10.1 Å². The highest BCUT2D eigenvalue weighted by molar-refractivity contribution is 5.86. The molecule has 2 aromatic rings. The molecule has 0 atom stereocenters. The molecule has 0 N–H and O–H groups in total. The fourth-order valence-electron chi connectivity index (χ4n) is 1.57. The van der Waals surface area contributed by atoms with Crippen molar-refractivity contribution < 1.29 is 18.8 Å². The van der Waals surface area contributed by atoms with E-state index in [4.69, 9.17) is 0 Å². The molecule has 1 heterocycles. The first-order valence-electron chi connectivity index (χ1n) is 5.56. The Bertz CT molecular complexity index is 787. The summed E-state index contributed by atoms with van der Waals surface area (Å²) in [7, 11) is 1.09. The van der Waals surface area contributed by atoms with Crippen LogP contribution in [0.5, 0.6) is 0 Å². The lowest BCUT2D eigenvalue weighted by molar-refractivity contribution is -0.387. The molecule has 0 saturated heterocycles. The van der Waals surface area contributed by atoms with Crippen LogP contribution in [0.25, 0.3) is 5.69 Å². The summed E-state index contributed by atoms with van der Waals surface area (Å²) in [6, 6.07) is 4.11. The molecule has 0 aliphatic heterocycles. The first-order valence-corrected chi connectivity index (χ1v) is 5.56. The van der Waals surface area contributed by atoms with Gasteiger partial charge in [0.2, 0.25) is 16.9 Å². The lowest BCUT2D eigenvalue weighted by Gasteiger charge is -2.06. The number of nitrogens with zero attached hydrogens (tertiary/aromatic N) is 3. The summed E-state index contributed by atoms with van der Waals surface area (Å²) in [5.74, 6) is -1.94. The molecule has 0 unspecified atom stereocenters. The van der Waals surface area contributed by atoms with Crippen molar-refractivity contribution >= 4 is 11.7 Å². The summed E-state index contributed by atoms with van der Waals surface area (Å²) >= 11 is 0. The predicted octanol–water partition coefficient (Wildman–Crippen LogP) is 1.07. The zero-order valence-corrected chi connectivity index (χ0v) is 10.6. The van der Waals surface area contributed by atoms with Crippen molar-refractivity contribution in [3.05, 3.63) is 62.3 Å². The van der Waals surface area contributed by atoms with E-state index in [-0.39, 0.29) is 5.69 Å². The molecule has 108 valence electrons. The molecule has 0 aliphatic carbocycles. The highest BCUT2D eigenvalue weighted by Gasteiger charge is 2.17. The van der Waals surface area contributed by atoms with Crippen molar-refractivity contribution in [2.75, 3.05) is 7.11 Å². The summed E-state index contributed by atoms with van der Waals surface area (Å²) in [5.41, 5.74) is -1.76. The van der Waals surface area contributed by atoms with Crippen LogP contribution < -0.4 is 5.43 Å². The Morgan fingerprint density at radius 1 is 1.43 bits per heavy atom. The molecule has 0 saturated carbocycles. The van der Waals surface area contributed by atoms with E-state index in [0.717, 1.165) is 30.0 Å². The van der Waals surface area contributed by atoms with Gasteiger partial charge in [-0.2, -0.15) is 9.49 Å². The van der Waals surface area contributed by atoms with Gasteiger partial charge in [-0.15, -0.1) is 0 Å². The second-order valence-electron chi connectivity index (χ2n) is 3.86. The van der Waals surface area contributed by atoms with Crippen molar-refractivity contribution in [2.45, 2.75) is 0 Å². The van der Waals surface area contributed by atoms with Crippen LogP contribution in [-0.4, -0.2) is 27.8 Å². The van der Waals surface area contributed by atoms with E-state index >= 15 is 0 Å². The molecule has 8 nitrogen and oxygen atoms in total. The Balaban J connectivity index is 2.57. The van der Waals surface area contributed by atoms with Crippen LogP contribution in [0, 0.1) is 15.9 Å². The standard InChI is InChI=1S/C12H8FN3O5/c1-21-12(18)11-10(17)4-5-15(14-11)7-2-3-8(13)9(6-7)16(19)20/h2-6H,1H3. The zero-order valence-electron chi connectivity index (χ0n) is 10.6. The Morgan fingerprint density at radius 3 is 2.76 bits per heavy atom. The van der Waals surface area contributed by atoms with Gasteiger partial charge in [-0.25, -0.2) is 9.48 Å². The molecule has 21 heavy (non-hydrogen) atoms. The highest BCUT2D eigenvalue weighted by Crippen LogP contribution is 2.20.